The zero-order valence-electron chi connectivity index (χ0n) is 14.9. The van der Waals surface area contributed by atoms with Crippen LogP contribution in [0, 0.1) is 5.92 Å². The Morgan fingerprint density at radius 1 is 0.958 bits per heavy atom. The van der Waals surface area contributed by atoms with Gasteiger partial charge in [-0.15, -0.1) is 0 Å². The van der Waals surface area contributed by atoms with Gasteiger partial charge in [-0.2, -0.15) is 0 Å². The van der Waals surface area contributed by atoms with E-state index in [2.05, 4.69) is 74.4 Å². The molecule has 2 aromatic carbocycles. The number of benzene rings is 2. The molecule has 2 bridgehead atoms. The van der Waals surface area contributed by atoms with Crippen LogP contribution in [0.3, 0.4) is 0 Å². The summed E-state index contributed by atoms with van der Waals surface area (Å²) < 4.78 is 6.23. The van der Waals surface area contributed by atoms with Crippen molar-refractivity contribution >= 4 is 0 Å². The molecule has 126 valence electrons. The quantitative estimate of drug-likeness (QED) is 0.816. The van der Waals surface area contributed by atoms with Gasteiger partial charge in [0.05, 0.1) is 12.7 Å². The van der Waals surface area contributed by atoms with Gasteiger partial charge in [-0.1, -0.05) is 48.5 Å². The highest BCUT2D eigenvalue weighted by Gasteiger charge is 2.45. The number of hydrogen-bond acceptors (Lipinski definition) is 2. The van der Waals surface area contributed by atoms with Gasteiger partial charge in [0, 0.05) is 18.4 Å². The molecular formula is C22H27NO. The highest BCUT2D eigenvalue weighted by Crippen LogP contribution is 2.56. The molecule has 2 atom stereocenters. The number of fused-ring (bicyclic) bond motifs is 1. The summed E-state index contributed by atoms with van der Waals surface area (Å²) in [5.74, 6) is 1.59. The van der Waals surface area contributed by atoms with E-state index in [1.807, 2.05) is 0 Å². The van der Waals surface area contributed by atoms with E-state index < -0.39 is 0 Å². The molecule has 3 aliphatic carbocycles. The van der Waals surface area contributed by atoms with Crippen LogP contribution in [0.1, 0.15) is 47.4 Å². The molecule has 2 heteroatoms. The van der Waals surface area contributed by atoms with Gasteiger partial charge in [0.2, 0.25) is 0 Å². The van der Waals surface area contributed by atoms with Crippen LogP contribution in [0.2, 0.25) is 0 Å². The maximum absolute atomic E-state index is 6.23. The van der Waals surface area contributed by atoms with Gasteiger partial charge in [0.1, 0.15) is 0 Å². The molecule has 0 aliphatic heterocycles. The minimum Gasteiger partial charge on any atom is -0.377 e. The molecular weight excluding hydrogens is 294 g/mol. The smallest absolute Gasteiger partial charge is 0.0596 e. The SMILES string of the molecule is CC(OCCN(C)C)C1CC2c3ccccc3C1c1ccccc12. The number of rotatable bonds is 5. The van der Waals surface area contributed by atoms with Crippen LogP contribution in [0.5, 0.6) is 0 Å². The zero-order chi connectivity index (χ0) is 16.7. The Kier molecular flexibility index (Phi) is 4.19. The normalized spacial score (nSPS) is 25.4. The predicted molar refractivity (Wildman–Crippen MR) is 98.6 cm³/mol. The Labute approximate surface area is 145 Å². The lowest BCUT2D eigenvalue weighted by Gasteiger charge is -2.47. The summed E-state index contributed by atoms with van der Waals surface area (Å²) >= 11 is 0. The average molecular weight is 321 g/mol. The average Bonchev–Trinajstić information content (AvgIpc) is 2.61. The summed E-state index contributed by atoms with van der Waals surface area (Å²) in [4.78, 5) is 2.18. The van der Waals surface area contributed by atoms with Gasteiger partial charge in [-0.3, -0.25) is 0 Å². The lowest BCUT2D eigenvalue weighted by Crippen LogP contribution is -2.39. The Morgan fingerprint density at radius 2 is 1.50 bits per heavy atom. The molecule has 0 radical (unpaired) electrons. The van der Waals surface area contributed by atoms with Gasteiger partial charge in [0.25, 0.3) is 0 Å². The highest BCUT2D eigenvalue weighted by atomic mass is 16.5. The minimum absolute atomic E-state index is 0.291. The molecule has 0 saturated heterocycles. The van der Waals surface area contributed by atoms with Crippen molar-refractivity contribution in [3.63, 3.8) is 0 Å². The third kappa shape index (κ3) is 2.58. The first-order valence-electron chi connectivity index (χ1n) is 9.10. The van der Waals surface area contributed by atoms with Crippen molar-refractivity contribution < 1.29 is 4.74 Å². The fraction of sp³-hybridized carbons (Fsp3) is 0.455. The predicted octanol–water partition coefficient (Wildman–Crippen LogP) is 4.25. The summed E-state index contributed by atoms with van der Waals surface area (Å²) in [6, 6.07) is 18.1. The van der Waals surface area contributed by atoms with Crippen LogP contribution in [-0.4, -0.2) is 38.3 Å². The van der Waals surface area contributed by atoms with Gasteiger partial charge < -0.3 is 9.64 Å². The summed E-state index contributed by atoms with van der Waals surface area (Å²) in [6.07, 6.45) is 1.50. The summed E-state index contributed by atoms with van der Waals surface area (Å²) in [5.41, 5.74) is 6.14. The summed E-state index contributed by atoms with van der Waals surface area (Å²) in [7, 11) is 4.20. The second kappa shape index (κ2) is 6.34. The standard InChI is InChI=1S/C22H27NO/c1-15(24-13-12-23(2)3)20-14-21-16-8-4-6-10-18(16)22(20)19-11-7-5-9-17(19)21/h4-11,15,20-22H,12-14H2,1-3H3. The number of ether oxygens (including phenoxy) is 1. The topological polar surface area (TPSA) is 12.5 Å². The van der Waals surface area contributed by atoms with E-state index in [9.17, 15) is 0 Å². The molecule has 0 spiro atoms. The fourth-order valence-electron chi connectivity index (χ4n) is 4.69. The van der Waals surface area contributed by atoms with Gasteiger partial charge in [-0.25, -0.2) is 0 Å². The molecule has 0 fully saturated rings. The second-order valence-electron chi connectivity index (χ2n) is 7.57. The molecule has 0 heterocycles. The molecule has 2 unspecified atom stereocenters. The van der Waals surface area contributed by atoms with Crippen LogP contribution in [-0.2, 0) is 4.74 Å². The molecule has 2 nitrogen and oxygen atoms in total. The maximum atomic E-state index is 6.23. The van der Waals surface area contributed by atoms with Crippen molar-refractivity contribution in [3.8, 4) is 0 Å². The zero-order valence-corrected chi connectivity index (χ0v) is 14.9. The maximum Gasteiger partial charge on any atom is 0.0596 e. The molecule has 0 N–H and O–H groups in total. The number of hydrogen-bond donors (Lipinski definition) is 0. The lowest BCUT2D eigenvalue weighted by molar-refractivity contribution is 0.00453. The third-order valence-electron chi connectivity index (χ3n) is 5.87. The van der Waals surface area contributed by atoms with Crippen molar-refractivity contribution in [1.29, 1.82) is 0 Å². The largest absolute Gasteiger partial charge is 0.377 e. The molecule has 3 aliphatic rings. The van der Waals surface area contributed by atoms with E-state index in [4.69, 9.17) is 4.74 Å². The van der Waals surface area contributed by atoms with E-state index in [-0.39, 0.29) is 0 Å². The molecule has 0 aromatic heterocycles. The minimum atomic E-state index is 0.291. The molecule has 2 aromatic rings. The fourth-order valence-corrected chi connectivity index (χ4v) is 4.69. The third-order valence-corrected chi connectivity index (χ3v) is 5.87. The van der Waals surface area contributed by atoms with E-state index in [1.54, 1.807) is 0 Å². The van der Waals surface area contributed by atoms with Crippen LogP contribution < -0.4 is 0 Å². The monoisotopic (exact) mass is 321 g/mol. The van der Waals surface area contributed by atoms with E-state index in [0.717, 1.165) is 13.2 Å². The number of likely N-dealkylation sites (N-methyl/N-ethyl adjacent to an activating group) is 1. The first kappa shape index (κ1) is 15.9. The van der Waals surface area contributed by atoms with Gasteiger partial charge in [0.15, 0.2) is 0 Å². The Bertz CT molecular complexity index is 676. The van der Waals surface area contributed by atoms with E-state index in [0.29, 0.717) is 23.9 Å². The van der Waals surface area contributed by atoms with Gasteiger partial charge in [-0.05, 0) is 55.6 Å². The highest BCUT2D eigenvalue weighted by molar-refractivity contribution is 5.55. The van der Waals surface area contributed by atoms with Crippen molar-refractivity contribution in [2.75, 3.05) is 27.2 Å². The number of nitrogens with zero attached hydrogens (tertiary/aromatic N) is 1. The van der Waals surface area contributed by atoms with E-state index in [1.165, 1.54) is 28.7 Å². The Morgan fingerprint density at radius 3 is 2.04 bits per heavy atom. The summed E-state index contributed by atoms with van der Waals surface area (Å²) in [6.45, 7) is 4.07. The van der Waals surface area contributed by atoms with Gasteiger partial charge >= 0.3 is 0 Å². The first-order valence-corrected chi connectivity index (χ1v) is 9.10. The van der Waals surface area contributed by atoms with Crippen LogP contribution in [0.15, 0.2) is 48.5 Å². The lowest BCUT2D eigenvalue weighted by atomic mass is 9.58. The van der Waals surface area contributed by atoms with Crippen LogP contribution >= 0.6 is 0 Å². The summed E-state index contributed by atoms with van der Waals surface area (Å²) in [5, 5.41) is 0. The molecule has 0 saturated carbocycles. The Balaban J connectivity index is 1.66. The van der Waals surface area contributed by atoms with Crippen LogP contribution in [0.4, 0.5) is 0 Å². The van der Waals surface area contributed by atoms with Crippen molar-refractivity contribution in [1.82, 2.24) is 4.90 Å². The second-order valence-corrected chi connectivity index (χ2v) is 7.57. The van der Waals surface area contributed by atoms with Crippen molar-refractivity contribution in [3.05, 3.63) is 70.8 Å². The first-order chi connectivity index (χ1) is 11.7. The Hall–Kier alpha value is -1.64. The van der Waals surface area contributed by atoms with Crippen molar-refractivity contribution in [2.45, 2.75) is 31.3 Å². The molecule has 5 rings (SSSR count). The molecule has 0 amide bonds. The van der Waals surface area contributed by atoms with Crippen molar-refractivity contribution in [2.24, 2.45) is 5.92 Å². The van der Waals surface area contributed by atoms with E-state index >= 15 is 0 Å². The molecule has 24 heavy (non-hydrogen) atoms. The van der Waals surface area contributed by atoms with Crippen LogP contribution in [0.25, 0.3) is 0 Å².